The molecule has 2 atom stereocenters. The topological polar surface area (TPSA) is 53.7 Å². The highest BCUT2D eigenvalue weighted by Crippen LogP contribution is 2.26. The minimum atomic E-state index is 0.404. The van der Waals surface area contributed by atoms with Gasteiger partial charge in [-0.2, -0.15) is 0 Å². The molecule has 96 valence electrons. The Hall–Kier alpha value is -0.160. The summed E-state index contributed by atoms with van der Waals surface area (Å²) in [6.45, 7) is 3.43. The van der Waals surface area contributed by atoms with Gasteiger partial charge in [0.15, 0.2) is 0 Å². The largest absolute Gasteiger partial charge is 0.382 e. The van der Waals surface area contributed by atoms with Gasteiger partial charge < -0.3 is 19.9 Å². The van der Waals surface area contributed by atoms with Crippen LogP contribution in [0.4, 0.5) is 0 Å². The van der Waals surface area contributed by atoms with E-state index in [1.807, 2.05) is 0 Å². The van der Waals surface area contributed by atoms with Gasteiger partial charge in [0.05, 0.1) is 26.4 Å². The molecule has 4 nitrogen and oxygen atoms in total. The zero-order chi connectivity index (χ0) is 11.6. The van der Waals surface area contributed by atoms with Gasteiger partial charge in [-0.25, -0.2) is 0 Å². The fourth-order valence-corrected chi connectivity index (χ4v) is 2.12. The molecule has 1 aliphatic rings. The van der Waals surface area contributed by atoms with Crippen LogP contribution in [0.25, 0.3) is 0 Å². The van der Waals surface area contributed by atoms with E-state index in [4.69, 9.17) is 19.9 Å². The van der Waals surface area contributed by atoms with Crippen molar-refractivity contribution in [2.75, 3.05) is 40.1 Å². The Bertz CT molecular complexity index is 166. The van der Waals surface area contributed by atoms with Crippen LogP contribution in [-0.2, 0) is 14.2 Å². The molecule has 2 N–H and O–H groups in total. The molecule has 0 saturated heterocycles. The van der Waals surface area contributed by atoms with Gasteiger partial charge in [0.2, 0.25) is 0 Å². The molecule has 0 aliphatic heterocycles. The van der Waals surface area contributed by atoms with Gasteiger partial charge in [0, 0.05) is 19.8 Å². The Morgan fingerprint density at radius 1 is 1.00 bits per heavy atom. The molecule has 4 heteroatoms. The molecule has 2 unspecified atom stereocenters. The van der Waals surface area contributed by atoms with Crippen LogP contribution in [0.15, 0.2) is 0 Å². The molecule has 0 aromatic carbocycles. The maximum Gasteiger partial charge on any atom is 0.0701 e. The Morgan fingerprint density at radius 3 is 2.31 bits per heavy atom. The third kappa shape index (κ3) is 5.80. The van der Waals surface area contributed by atoms with Gasteiger partial charge in [-0.05, 0) is 25.2 Å². The summed E-state index contributed by atoms with van der Waals surface area (Å²) in [4.78, 5) is 0. The zero-order valence-corrected chi connectivity index (χ0v) is 10.3. The van der Waals surface area contributed by atoms with E-state index in [9.17, 15) is 0 Å². The monoisotopic (exact) mass is 231 g/mol. The Balaban J connectivity index is 1.81. The van der Waals surface area contributed by atoms with Crippen LogP contribution in [0.5, 0.6) is 0 Å². The molecular weight excluding hydrogens is 206 g/mol. The van der Waals surface area contributed by atoms with Gasteiger partial charge >= 0.3 is 0 Å². The summed E-state index contributed by atoms with van der Waals surface area (Å²) in [7, 11) is 1.67. The van der Waals surface area contributed by atoms with Gasteiger partial charge in [0.25, 0.3) is 0 Å². The van der Waals surface area contributed by atoms with Gasteiger partial charge in [-0.1, -0.05) is 6.42 Å². The number of nitrogens with two attached hydrogens (primary N) is 1. The highest BCUT2D eigenvalue weighted by molar-refractivity contribution is 4.79. The summed E-state index contributed by atoms with van der Waals surface area (Å²) < 4.78 is 15.7. The lowest BCUT2D eigenvalue weighted by Gasteiger charge is -2.14. The van der Waals surface area contributed by atoms with Crippen LogP contribution in [0.1, 0.15) is 25.7 Å². The van der Waals surface area contributed by atoms with Crippen LogP contribution in [0.2, 0.25) is 0 Å². The first-order valence-electron chi connectivity index (χ1n) is 6.24. The van der Waals surface area contributed by atoms with Crippen LogP contribution < -0.4 is 5.73 Å². The average molecular weight is 231 g/mol. The third-order valence-electron chi connectivity index (χ3n) is 3.15. The molecule has 1 fully saturated rings. The summed E-state index contributed by atoms with van der Waals surface area (Å²) in [5, 5.41) is 0. The van der Waals surface area contributed by atoms with Crippen LogP contribution in [0, 0.1) is 5.92 Å². The van der Waals surface area contributed by atoms with Crippen molar-refractivity contribution in [1.29, 1.82) is 0 Å². The predicted molar refractivity (Wildman–Crippen MR) is 63.4 cm³/mol. The van der Waals surface area contributed by atoms with Crippen molar-refractivity contribution in [3.63, 3.8) is 0 Å². The second-order valence-corrected chi connectivity index (χ2v) is 4.36. The summed E-state index contributed by atoms with van der Waals surface area (Å²) >= 11 is 0. The summed E-state index contributed by atoms with van der Waals surface area (Å²) in [5.74, 6) is 0.675. The fourth-order valence-electron chi connectivity index (χ4n) is 2.12. The van der Waals surface area contributed by atoms with Gasteiger partial charge in [0.1, 0.15) is 0 Å². The lowest BCUT2D eigenvalue weighted by atomic mass is 10.0. The molecule has 16 heavy (non-hydrogen) atoms. The first-order chi connectivity index (χ1) is 7.84. The standard InChI is InChI=1S/C12H25NO3/c1-14-7-8-16-10-9-15-6-5-11-3-2-4-12(11)13/h11-12H,2-10,13H2,1H3. The first-order valence-corrected chi connectivity index (χ1v) is 6.24. The minimum Gasteiger partial charge on any atom is -0.382 e. The van der Waals surface area contributed by atoms with Crippen molar-refractivity contribution in [2.24, 2.45) is 11.7 Å². The van der Waals surface area contributed by atoms with Crippen molar-refractivity contribution >= 4 is 0 Å². The second kappa shape index (κ2) is 8.93. The zero-order valence-electron chi connectivity index (χ0n) is 10.3. The summed E-state index contributed by atoms with van der Waals surface area (Å²) in [6.07, 6.45) is 4.84. The molecule has 0 amide bonds. The molecule has 0 aromatic heterocycles. The van der Waals surface area contributed by atoms with E-state index >= 15 is 0 Å². The molecular formula is C12H25NO3. The smallest absolute Gasteiger partial charge is 0.0701 e. The maximum atomic E-state index is 5.98. The Morgan fingerprint density at radius 2 is 1.69 bits per heavy atom. The number of ether oxygens (including phenoxy) is 3. The average Bonchev–Trinajstić information content (AvgIpc) is 2.68. The lowest BCUT2D eigenvalue weighted by molar-refractivity contribution is 0.0216. The third-order valence-corrected chi connectivity index (χ3v) is 3.15. The molecule has 0 bridgehead atoms. The number of methoxy groups -OCH3 is 1. The van der Waals surface area contributed by atoms with Crippen molar-refractivity contribution < 1.29 is 14.2 Å². The molecule has 0 spiro atoms. The van der Waals surface area contributed by atoms with Crippen molar-refractivity contribution in [1.82, 2.24) is 0 Å². The molecule has 1 saturated carbocycles. The van der Waals surface area contributed by atoms with E-state index in [-0.39, 0.29) is 0 Å². The predicted octanol–water partition coefficient (Wildman–Crippen LogP) is 1.18. The molecule has 0 radical (unpaired) electrons. The Labute approximate surface area is 98.4 Å². The lowest BCUT2D eigenvalue weighted by Crippen LogP contribution is -2.25. The van der Waals surface area contributed by atoms with Crippen molar-refractivity contribution in [2.45, 2.75) is 31.7 Å². The molecule has 0 heterocycles. The van der Waals surface area contributed by atoms with E-state index < -0.39 is 0 Å². The highest BCUT2D eigenvalue weighted by atomic mass is 16.5. The van der Waals surface area contributed by atoms with Gasteiger partial charge in [-0.3, -0.25) is 0 Å². The molecule has 0 aromatic rings. The van der Waals surface area contributed by atoms with Crippen LogP contribution in [-0.4, -0.2) is 46.2 Å². The van der Waals surface area contributed by atoms with Gasteiger partial charge in [-0.15, -0.1) is 0 Å². The van der Waals surface area contributed by atoms with Crippen molar-refractivity contribution in [3.05, 3.63) is 0 Å². The number of rotatable bonds is 9. The van der Waals surface area contributed by atoms with E-state index in [1.54, 1.807) is 7.11 Å². The highest BCUT2D eigenvalue weighted by Gasteiger charge is 2.22. The van der Waals surface area contributed by atoms with Crippen LogP contribution >= 0.6 is 0 Å². The van der Waals surface area contributed by atoms with E-state index in [0.717, 1.165) is 13.0 Å². The van der Waals surface area contributed by atoms with Crippen LogP contribution in [0.3, 0.4) is 0 Å². The number of hydrogen-bond donors (Lipinski definition) is 1. The maximum absolute atomic E-state index is 5.98. The number of hydrogen-bond acceptors (Lipinski definition) is 4. The minimum absolute atomic E-state index is 0.404. The van der Waals surface area contributed by atoms with E-state index in [0.29, 0.717) is 38.4 Å². The quantitative estimate of drug-likeness (QED) is 0.605. The molecule has 1 aliphatic carbocycles. The normalized spacial score (nSPS) is 25.1. The SMILES string of the molecule is COCCOCCOCCC1CCCC1N. The summed E-state index contributed by atoms with van der Waals surface area (Å²) in [5.41, 5.74) is 5.98. The van der Waals surface area contributed by atoms with E-state index in [1.165, 1.54) is 19.3 Å². The molecule has 1 rings (SSSR count). The second-order valence-electron chi connectivity index (χ2n) is 4.36. The Kier molecular flexibility index (Phi) is 7.76. The van der Waals surface area contributed by atoms with Crippen molar-refractivity contribution in [3.8, 4) is 0 Å². The first kappa shape index (κ1) is 13.9. The van der Waals surface area contributed by atoms with E-state index in [2.05, 4.69) is 0 Å². The fraction of sp³-hybridized carbons (Fsp3) is 1.00. The summed E-state index contributed by atoms with van der Waals surface area (Å²) in [6, 6.07) is 0.404.